The van der Waals surface area contributed by atoms with Gasteiger partial charge in [0.1, 0.15) is 5.75 Å². The number of anilines is 3. The van der Waals surface area contributed by atoms with E-state index < -0.39 is 5.60 Å². The Bertz CT molecular complexity index is 1360. The van der Waals surface area contributed by atoms with E-state index >= 15 is 0 Å². The van der Waals surface area contributed by atoms with Crippen molar-refractivity contribution < 1.29 is 9.84 Å². The van der Waals surface area contributed by atoms with Gasteiger partial charge in [-0.15, -0.1) is 5.10 Å². The number of fused-ring (bicyclic) bond motifs is 1. The molecule has 0 radical (unpaired) electrons. The Morgan fingerprint density at radius 2 is 1.86 bits per heavy atom. The van der Waals surface area contributed by atoms with E-state index in [0.717, 1.165) is 60.1 Å². The summed E-state index contributed by atoms with van der Waals surface area (Å²) in [4.78, 5) is 9.19. The van der Waals surface area contributed by atoms with E-state index in [1.54, 1.807) is 13.3 Å². The van der Waals surface area contributed by atoms with Gasteiger partial charge in [-0.05, 0) is 62.4 Å². The van der Waals surface area contributed by atoms with Gasteiger partial charge in [0.2, 0.25) is 5.95 Å². The Hall–Kier alpha value is -3.33. The zero-order valence-corrected chi connectivity index (χ0v) is 21.5. The van der Waals surface area contributed by atoms with Gasteiger partial charge in [-0.3, -0.25) is 4.90 Å². The van der Waals surface area contributed by atoms with Gasteiger partial charge in [-0.1, -0.05) is 17.7 Å². The summed E-state index contributed by atoms with van der Waals surface area (Å²) >= 11 is 6.27. The van der Waals surface area contributed by atoms with Crippen LogP contribution in [0.3, 0.4) is 0 Å². The first-order chi connectivity index (χ1) is 17.3. The van der Waals surface area contributed by atoms with Crippen LogP contribution >= 0.6 is 11.6 Å². The van der Waals surface area contributed by atoms with E-state index in [1.807, 2.05) is 60.8 Å². The van der Waals surface area contributed by atoms with Crippen LogP contribution in [0.25, 0.3) is 16.8 Å². The predicted octanol–water partition coefficient (Wildman–Crippen LogP) is 4.69. The Balaban J connectivity index is 1.35. The highest BCUT2D eigenvalue weighted by atomic mass is 35.5. The summed E-state index contributed by atoms with van der Waals surface area (Å²) in [7, 11) is 1.64. The number of hydrogen-bond donors (Lipinski definition) is 2. The van der Waals surface area contributed by atoms with Crippen molar-refractivity contribution in [3.63, 3.8) is 0 Å². The molecule has 2 N–H and O–H groups in total. The summed E-state index contributed by atoms with van der Waals surface area (Å²) in [5.41, 5.74) is 3.99. The minimum absolute atomic E-state index is 0.494. The fourth-order valence-electron chi connectivity index (χ4n) is 4.66. The molecule has 0 unspecified atom stereocenters. The van der Waals surface area contributed by atoms with Crippen LogP contribution < -0.4 is 15.0 Å². The van der Waals surface area contributed by atoms with Gasteiger partial charge < -0.3 is 20.1 Å². The number of aliphatic hydroxyl groups is 1. The van der Waals surface area contributed by atoms with Crippen LogP contribution in [-0.4, -0.2) is 70.0 Å². The Labute approximate surface area is 216 Å². The zero-order valence-electron chi connectivity index (χ0n) is 20.8. The van der Waals surface area contributed by atoms with Gasteiger partial charge in [-0.25, -0.2) is 9.50 Å². The smallest absolute Gasteiger partial charge is 0.245 e. The SMILES string of the molecule is COc1ccc(Cl)cc1-c1ccc2cnc(Nc3cccc(N4CCN(CC(C)(C)O)CC4)c3)nn12. The maximum Gasteiger partial charge on any atom is 0.245 e. The molecule has 0 spiro atoms. The molecule has 5 rings (SSSR count). The number of benzene rings is 2. The second kappa shape index (κ2) is 9.97. The molecule has 0 atom stereocenters. The standard InChI is InChI=1S/C27H31ClN6O2/c1-27(2,35)18-32-11-13-33(14-12-32)21-6-4-5-20(16-21)30-26-29-17-22-8-9-24(34(22)31-26)23-15-19(28)7-10-25(23)36-3/h4-10,15-17,35H,11-14,18H2,1-3H3,(H,30,31). The number of ether oxygens (including phenoxy) is 1. The van der Waals surface area contributed by atoms with E-state index in [9.17, 15) is 5.11 Å². The molecule has 0 amide bonds. The molecule has 1 aliphatic heterocycles. The highest BCUT2D eigenvalue weighted by molar-refractivity contribution is 6.31. The molecular weight excluding hydrogens is 476 g/mol. The number of halogens is 1. The van der Waals surface area contributed by atoms with Crippen LogP contribution in [0.1, 0.15) is 13.8 Å². The van der Waals surface area contributed by atoms with Crippen molar-refractivity contribution in [2.75, 3.05) is 50.1 Å². The molecule has 0 saturated carbocycles. The number of hydrogen-bond acceptors (Lipinski definition) is 7. The molecule has 3 heterocycles. The average Bonchev–Trinajstić information content (AvgIpc) is 3.27. The van der Waals surface area contributed by atoms with E-state index in [2.05, 4.69) is 32.2 Å². The molecule has 188 valence electrons. The van der Waals surface area contributed by atoms with Crippen molar-refractivity contribution in [3.05, 3.63) is 65.8 Å². The van der Waals surface area contributed by atoms with E-state index in [4.69, 9.17) is 21.4 Å². The Kier molecular flexibility index (Phi) is 6.75. The fourth-order valence-corrected chi connectivity index (χ4v) is 4.84. The second-order valence-corrected chi connectivity index (χ2v) is 10.2. The van der Waals surface area contributed by atoms with E-state index in [-0.39, 0.29) is 0 Å². The third kappa shape index (κ3) is 5.41. The first-order valence-electron chi connectivity index (χ1n) is 12.0. The van der Waals surface area contributed by atoms with Crippen LogP contribution in [0.4, 0.5) is 17.3 Å². The summed E-state index contributed by atoms with van der Waals surface area (Å²) in [5.74, 6) is 1.22. The minimum Gasteiger partial charge on any atom is -0.496 e. The van der Waals surface area contributed by atoms with Crippen LogP contribution in [0.5, 0.6) is 5.75 Å². The molecule has 2 aromatic heterocycles. The number of β-amino-alcohol motifs (C(OH)–C–C–N with tert-alkyl or cyclic N) is 1. The Morgan fingerprint density at radius 1 is 1.06 bits per heavy atom. The minimum atomic E-state index is -0.676. The molecule has 36 heavy (non-hydrogen) atoms. The first-order valence-corrected chi connectivity index (χ1v) is 12.4. The summed E-state index contributed by atoms with van der Waals surface area (Å²) < 4.78 is 7.39. The highest BCUT2D eigenvalue weighted by Gasteiger charge is 2.23. The third-order valence-corrected chi connectivity index (χ3v) is 6.52. The summed E-state index contributed by atoms with van der Waals surface area (Å²) in [6.07, 6.45) is 1.79. The van der Waals surface area contributed by atoms with Gasteiger partial charge >= 0.3 is 0 Å². The molecule has 1 aliphatic rings. The highest BCUT2D eigenvalue weighted by Crippen LogP contribution is 2.33. The van der Waals surface area contributed by atoms with Gasteiger partial charge in [-0.2, -0.15) is 0 Å². The molecule has 1 fully saturated rings. The zero-order chi connectivity index (χ0) is 25.3. The summed E-state index contributed by atoms with van der Waals surface area (Å²) in [6.45, 7) is 8.07. The van der Waals surface area contributed by atoms with Crippen LogP contribution in [0, 0.1) is 0 Å². The molecular formula is C27H31ClN6O2. The topological polar surface area (TPSA) is 78.2 Å². The molecule has 0 aliphatic carbocycles. The first kappa shape index (κ1) is 24.4. The van der Waals surface area contributed by atoms with Gasteiger partial charge in [0.05, 0.1) is 30.1 Å². The molecule has 9 heteroatoms. The van der Waals surface area contributed by atoms with E-state index in [1.165, 1.54) is 0 Å². The van der Waals surface area contributed by atoms with Crippen molar-refractivity contribution in [1.29, 1.82) is 0 Å². The largest absolute Gasteiger partial charge is 0.496 e. The number of piperazine rings is 1. The van der Waals surface area contributed by atoms with Crippen LogP contribution in [0.2, 0.25) is 5.02 Å². The Morgan fingerprint density at radius 3 is 2.61 bits per heavy atom. The number of aromatic nitrogens is 3. The van der Waals surface area contributed by atoms with Crippen molar-refractivity contribution in [1.82, 2.24) is 19.5 Å². The predicted molar refractivity (Wildman–Crippen MR) is 145 cm³/mol. The third-order valence-electron chi connectivity index (χ3n) is 6.29. The molecule has 0 bridgehead atoms. The molecule has 1 saturated heterocycles. The van der Waals surface area contributed by atoms with Gasteiger partial charge in [0, 0.05) is 54.7 Å². The van der Waals surface area contributed by atoms with Crippen LogP contribution in [0.15, 0.2) is 60.8 Å². The monoisotopic (exact) mass is 506 g/mol. The molecule has 8 nitrogen and oxygen atoms in total. The molecule has 2 aromatic carbocycles. The van der Waals surface area contributed by atoms with Crippen molar-refractivity contribution in [2.24, 2.45) is 0 Å². The maximum absolute atomic E-state index is 10.1. The number of methoxy groups -OCH3 is 1. The second-order valence-electron chi connectivity index (χ2n) is 9.73. The number of nitrogens with one attached hydrogen (secondary N) is 1. The lowest BCUT2D eigenvalue weighted by atomic mass is 10.1. The lowest BCUT2D eigenvalue weighted by molar-refractivity contribution is 0.0345. The van der Waals surface area contributed by atoms with Gasteiger partial charge in [0.15, 0.2) is 0 Å². The fraction of sp³-hybridized carbons (Fsp3) is 0.333. The van der Waals surface area contributed by atoms with Crippen molar-refractivity contribution in [2.45, 2.75) is 19.4 Å². The lowest BCUT2D eigenvalue weighted by Gasteiger charge is -2.38. The maximum atomic E-state index is 10.1. The average molecular weight is 507 g/mol. The normalized spacial score (nSPS) is 14.9. The van der Waals surface area contributed by atoms with Crippen molar-refractivity contribution in [3.8, 4) is 17.0 Å². The number of rotatable bonds is 7. The van der Waals surface area contributed by atoms with Crippen LogP contribution in [-0.2, 0) is 0 Å². The molecule has 4 aromatic rings. The van der Waals surface area contributed by atoms with Crippen molar-refractivity contribution >= 4 is 34.4 Å². The summed E-state index contributed by atoms with van der Waals surface area (Å²) in [5, 5.41) is 18.8. The van der Waals surface area contributed by atoms with E-state index in [0.29, 0.717) is 17.5 Å². The number of nitrogens with zero attached hydrogens (tertiary/aromatic N) is 5. The quantitative estimate of drug-likeness (QED) is 0.376. The van der Waals surface area contributed by atoms with Gasteiger partial charge in [0.25, 0.3) is 0 Å². The lowest BCUT2D eigenvalue weighted by Crippen LogP contribution is -2.50. The summed E-state index contributed by atoms with van der Waals surface area (Å²) in [6, 6.07) is 17.8.